The third-order valence-electron chi connectivity index (χ3n) is 6.60. The van der Waals surface area contributed by atoms with Crippen molar-refractivity contribution in [1.29, 1.82) is 5.26 Å². The van der Waals surface area contributed by atoms with E-state index in [0.717, 1.165) is 37.0 Å². The van der Waals surface area contributed by atoms with Gasteiger partial charge in [-0.25, -0.2) is 0 Å². The molecule has 0 saturated heterocycles. The van der Waals surface area contributed by atoms with Crippen LogP contribution in [0.3, 0.4) is 0 Å². The second-order valence-corrected chi connectivity index (χ2v) is 8.01. The summed E-state index contributed by atoms with van der Waals surface area (Å²) in [5.41, 5.74) is 2.95. The molecular formula is C23H30FN. The SMILES string of the molecule is CCc1ccc(C2CCC(C3CCC(C=C(F)C#N)CC3)CC2)cc1. The molecule has 0 amide bonds. The van der Waals surface area contributed by atoms with E-state index in [2.05, 4.69) is 31.2 Å². The van der Waals surface area contributed by atoms with Gasteiger partial charge in [-0.3, -0.25) is 0 Å². The summed E-state index contributed by atoms with van der Waals surface area (Å²) in [6.07, 6.45) is 12.5. The van der Waals surface area contributed by atoms with Crippen molar-refractivity contribution in [2.45, 2.75) is 70.6 Å². The maximum Gasteiger partial charge on any atom is 0.196 e. The molecule has 2 heteroatoms. The van der Waals surface area contributed by atoms with Gasteiger partial charge in [-0.05, 0) is 98.7 Å². The molecule has 134 valence electrons. The summed E-state index contributed by atoms with van der Waals surface area (Å²) in [5, 5.41) is 8.58. The van der Waals surface area contributed by atoms with E-state index in [0.29, 0.717) is 0 Å². The first-order valence-corrected chi connectivity index (χ1v) is 10.1. The largest absolute Gasteiger partial charge is 0.196 e. The summed E-state index contributed by atoms with van der Waals surface area (Å²) in [6, 6.07) is 10.9. The number of hydrogen-bond donors (Lipinski definition) is 0. The first kappa shape index (κ1) is 18.2. The summed E-state index contributed by atoms with van der Waals surface area (Å²) in [6.45, 7) is 2.21. The minimum Gasteiger partial charge on any atom is -0.195 e. The molecule has 0 unspecified atom stereocenters. The third kappa shape index (κ3) is 4.72. The standard InChI is InChI=1S/C23H30FN/c1-2-17-3-7-19(8-4-17)21-11-13-22(14-12-21)20-9-5-18(6-10-20)15-23(24)16-25/h3-4,7-8,15,18,20-22H,2,5-6,9-14H2,1H3. The maximum atomic E-state index is 13.1. The van der Waals surface area contributed by atoms with Gasteiger partial charge in [-0.2, -0.15) is 9.65 Å². The maximum absolute atomic E-state index is 13.1. The quantitative estimate of drug-likeness (QED) is 0.559. The molecule has 0 atom stereocenters. The predicted octanol–water partition coefficient (Wildman–Crippen LogP) is 6.71. The highest BCUT2D eigenvalue weighted by molar-refractivity contribution is 5.25. The van der Waals surface area contributed by atoms with Crippen LogP contribution in [-0.2, 0) is 6.42 Å². The van der Waals surface area contributed by atoms with Gasteiger partial charge in [0, 0.05) is 0 Å². The highest BCUT2D eigenvalue weighted by Crippen LogP contribution is 2.44. The number of halogens is 1. The average Bonchev–Trinajstić information content (AvgIpc) is 2.69. The lowest BCUT2D eigenvalue weighted by Crippen LogP contribution is -2.25. The molecule has 2 fully saturated rings. The molecule has 1 aromatic carbocycles. The van der Waals surface area contributed by atoms with Crippen LogP contribution < -0.4 is 0 Å². The van der Waals surface area contributed by atoms with Crippen molar-refractivity contribution in [2.24, 2.45) is 17.8 Å². The molecule has 0 radical (unpaired) electrons. The first-order chi connectivity index (χ1) is 12.2. The normalized spacial score (nSPS) is 30.7. The zero-order valence-electron chi connectivity index (χ0n) is 15.4. The Morgan fingerprint density at radius 2 is 1.56 bits per heavy atom. The van der Waals surface area contributed by atoms with Gasteiger partial charge in [0.05, 0.1) is 0 Å². The van der Waals surface area contributed by atoms with E-state index in [4.69, 9.17) is 5.26 Å². The van der Waals surface area contributed by atoms with E-state index in [9.17, 15) is 4.39 Å². The third-order valence-corrected chi connectivity index (χ3v) is 6.60. The lowest BCUT2D eigenvalue weighted by Gasteiger charge is -2.37. The van der Waals surface area contributed by atoms with Crippen molar-refractivity contribution in [3.63, 3.8) is 0 Å². The van der Waals surface area contributed by atoms with Crippen molar-refractivity contribution in [1.82, 2.24) is 0 Å². The number of allylic oxidation sites excluding steroid dienone is 2. The first-order valence-electron chi connectivity index (χ1n) is 10.1. The monoisotopic (exact) mass is 339 g/mol. The molecule has 1 nitrogen and oxygen atoms in total. The van der Waals surface area contributed by atoms with E-state index in [1.165, 1.54) is 49.7 Å². The van der Waals surface area contributed by atoms with Crippen LogP contribution in [0.25, 0.3) is 0 Å². The van der Waals surface area contributed by atoms with Crippen molar-refractivity contribution < 1.29 is 4.39 Å². The molecule has 2 saturated carbocycles. The Bertz CT molecular complexity index is 608. The summed E-state index contributed by atoms with van der Waals surface area (Å²) in [7, 11) is 0. The second-order valence-electron chi connectivity index (χ2n) is 8.01. The molecular weight excluding hydrogens is 309 g/mol. The van der Waals surface area contributed by atoms with Gasteiger partial charge in [0.25, 0.3) is 0 Å². The topological polar surface area (TPSA) is 23.8 Å². The molecule has 25 heavy (non-hydrogen) atoms. The molecule has 0 aromatic heterocycles. The molecule has 0 aliphatic heterocycles. The van der Waals surface area contributed by atoms with E-state index in [-0.39, 0.29) is 5.92 Å². The van der Waals surface area contributed by atoms with Crippen LogP contribution in [0.2, 0.25) is 0 Å². The van der Waals surface area contributed by atoms with Crippen LogP contribution in [0.5, 0.6) is 0 Å². The van der Waals surface area contributed by atoms with Gasteiger partial charge in [0.1, 0.15) is 6.07 Å². The van der Waals surface area contributed by atoms with Crippen LogP contribution in [0.4, 0.5) is 4.39 Å². The Morgan fingerprint density at radius 1 is 1.00 bits per heavy atom. The number of benzene rings is 1. The highest BCUT2D eigenvalue weighted by atomic mass is 19.1. The van der Waals surface area contributed by atoms with Gasteiger partial charge < -0.3 is 0 Å². The zero-order chi connectivity index (χ0) is 17.6. The summed E-state index contributed by atoms with van der Waals surface area (Å²) >= 11 is 0. The van der Waals surface area contributed by atoms with E-state index >= 15 is 0 Å². The van der Waals surface area contributed by atoms with Gasteiger partial charge >= 0.3 is 0 Å². The Labute approximate surface area is 151 Å². The lowest BCUT2D eigenvalue weighted by molar-refractivity contribution is 0.171. The Morgan fingerprint density at radius 3 is 2.08 bits per heavy atom. The highest BCUT2D eigenvalue weighted by Gasteiger charge is 2.31. The van der Waals surface area contributed by atoms with Gasteiger partial charge in [-0.15, -0.1) is 0 Å². The Kier molecular flexibility index (Phi) is 6.29. The molecule has 0 bridgehead atoms. The molecule has 1 aromatic rings. The van der Waals surface area contributed by atoms with Gasteiger partial charge in [0.15, 0.2) is 5.83 Å². The summed E-state index contributed by atoms with van der Waals surface area (Å²) in [5.74, 6) is 2.10. The molecule has 2 aliphatic rings. The Hall–Kier alpha value is -1.62. The number of hydrogen-bond acceptors (Lipinski definition) is 1. The molecule has 3 rings (SSSR count). The van der Waals surface area contributed by atoms with Crippen LogP contribution in [-0.4, -0.2) is 0 Å². The zero-order valence-corrected chi connectivity index (χ0v) is 15.4. The number of rotatable bonds is 4. The van der Waals surface area contributed by atoms with Crippen molar-refractivity contribution >= 4 is 0 Å². The number of aryl methyl sites for hydroxylation is 1. The van der Waals surface area contributed by atoms with E-state index in [1.807, 2.05) is 0 Å². The van der Waals surface area contributed by atoms with E-state index < -0.39 is 5.83 Å². The van der Waals surface area contributed by atoms with Crippen LogP contribution >= 0.6 is 0 Å². The minimum atomic E-state index is -0.599. The molecule has 2 aliphatic carbocycles. The number of nitriles is 1. The fourth-order valence-corrected chi connectivity index (χ4v) is 4.98. The average molecular weight is 339 g/mol. The van der Waals surface area contributed by atoms with E-state index in [1.54, 1.807) is 12.1 Å². The fraction of sp³-hybridized carbons (Fsp3) is 0.609. The van der Waals surface area contributed by atoms with Crippen molar-refractivity contribution in [3.05, 3.63) is 47.3 Å². The van der Waals surface area contributed by atoms with Crippen molar-refractivity contribution in [2.75, 3.05) is 0 Å². The second kappa shape index (κ2) is 8.65. The summed E-state index contributed by atoms with van der Waals surface area (Å²) in [4.78, 5) is 0. The Balaban J connectivity index is 1.47. The lowest BCUT2D eigenvalue weighted by atomic mass is 9.68. The smallest absolute Gasteiger partial charge is 0.195 e. The van der Waals surface area contributed by atoms with Gasteiger partial charge in [0.2, 0.25) is 0 Å². The summed E-state index contributed by atoms with van der Waals surface area (Å²) < 4.78 is 13.1. The minimum absolute atomic E-state index is 0.282. The van der Waals surface area contributed by atoms with Gasteiger partial charge in [-0.1, -0.05) is 31.2 Å². The molecule has 0 spiro atoms. The molecule has 0 heterocycles. The van der Waals surface area contributed by atoms with Crippen LogP contribution in [0.1, 0.15) is 75.3 Å². The molecule has 0 N–H and O–H groups in total. The number of nitrogens with zero attached hydrogens (tertiary/aromatic N) is 1. The fourth-order valence-electron chi connectivity index (χ4n) is 4.98. The van der Waals surface area contributed by atoms with Crippen LogP contribution in [0, 0.1) is 29.1 Å². The van der Waals surface area contributed by atoms with Crippen molar-refractivity contribution in [3.8, 4) is 6.07 Å². The van der Waals surface area contributed by atoms with Crippen LogP contribution in [0.15, 0.2) is 36.2 Å². The predicted molar refractivity (Wildman–Crippen MR) is 101 cm³/mol.